The summed E-state index contributed by atoms with van der Waals surface area (Å²) in [5, 5.41) is 0. The summed E-state index contributed by atoms with van der Waals surface area (Å²) in [5.74, 6) is 0.843. The minimum atomic E-state index is -4.35. The second-order valence-electron chi connectivity index (χ2n) is 5.60. The molecule has 120 valence electrons. The van der Waals surface area contributed by atoms with Gasteiger partial charge in [-0.1, -0.05) is 37.3 Å². The van der Waals surface area contributed by atoms with Crippen molar-refractivity contribution in [1.82, 2.24) is 9.55 Å². The molecule has 1 unspecified atom stereocenters. The first-order chi connectivity index (χ1) is 10.9. The molecule has 0 bridgehead atoms. The number of halogens is 3. The summed E-state index contributed by atoms with van der Waals surface area (Å²) in [7, 11) is 1.85. The lowest BCUT2D eigenvalue weighted by molar-refractivity contribution is -0.137. The quantitative estimate of drug-likeness (QED) is 0.654. The minimum absolute atomic E-state index is 0.0583. The number of imidazole rings is 1. The van der Waals surface area contributed by atoms with Crippen molar-refractivity contribution in [2.45, 2.75) is 25.4 Å². The predicted molar refractivity (Wildman–Crippen MR) is 84.3 cm³/mol. The fourth-order valence-corrected chi connectivity index (χ4v) is 2.96. The molecule has 0 N–H and O–H groups in total. The number of aromatic nitrogens is 2. The van der Waals surface area contributed by atoms with Crippen molar-refractivity contribution in [3.05, 3.63) is 65.5 Å². The molecule has 1 heterocycles. The van der Waals surface area contributed by atoms with Gasteiger partial charge in [0.2, 0.25) is 0 Å². The van der Waals surface area contributed by atoms with Crippen LogP contribution in [-0.2, 0) is 13.2 Å². The number of rotatable bonds is 3. The normalized spacial score (nSPS) is 13.4. The molecule has 3 aromatic rings. The summed E-state index contributed by atoms with van der Waals surface area (Å²) in [4.78, 5) is 4.50. The van der Waals surface area contributed by atoms with Gasteiger partial charge in [-0.25, -0.2) is 4.98 Å². The topological polar surface area (TPSA) is 17.8 Å². The second kappa shape index (κ2) is 5.72. The average molecular weight is 318 g/mol. The first-order valence-electron chi connectivity index (χ1n) is 7.50. The number of nitrogens with zero attached hydrogens (tertiary/aromatic N) is 2. The minimum Gasteiger partial charge on any atom is -0.331 e. The van der Waals surface area contributed by atoms with Gasteiger partial charge in [-0.05, 0) is 30.2 Å². The molecule has 0 fully saturated rings. The molecule has 1 atom stereocenters. The Bertz CT molecular complexity index is 819. The predicted octanol–water partition coefficient (Wildman–Crippen LogP) is 5.13. The van der Waals surface area contributed by atoms with Crippen molar-refractivity contribution >= 4 is 11.0 Å². The van der Waals surface area contributed by atoms with E-state index < -0.39 is 11.7 Å². The van der Waals surface area contributed by atoms with Crippen LogP contribution in [0, 0.1) is 0 Å². The molecule has 3 rings (SSSR count). The van der Waals surface area contributed by atoms with Crippen LogP contribution in [0.25, 0.3) is 11.0 Å². The molecular weight excluding hydrogens is 301 g/mol. The van der Waals surface area contributed by atoms with E-state index in [4.69, 9.17) is 0 Å². The van der Waals surface area contributed by atoms with Gasteiger partial charge >= 0.3 is 6.18 Å². The highest BCUT2D eigenvalue weighted by Gasteiger charge is 2.31. The number of aryl methyl sites for hydroxylation is 1. The Kier molecular flexibility index (Phi) is 3.88. The zero-order valence-electron chi connectivity index (χ0n) is 12.9. The third kappa shape index (κ3) is 2.83. The van der Waals surface area contributed by atoms with Crippen molar-refractivity contribution in [3.8, 4) is 0 Å². The van der Waals surface area contributed by atoms with E-state index in [1.54, 1.807) is 0 Å². The van der Waals surface area contributed by atoms with Gasteiger partial charge in [0.05, 0.1) is 16.6 Å². The van der Waals surface area contributed by atoms with E-state index in [-0.39, 0.29) is 5.92 Å². The maximum atomic E-state index is 12.9. The largest absolute Gasteiger partial charge is 0.416 e. The van der Waals surface area contributed by atoms with E-state index in [0.29, 0.717) is 11.0 Å². The Morgan fingerprint density at radius 1 is 1.09 bits per heavy atom. The maximum absolute atomic E-state index is 12.9. The van der Waals surface area contributed by atoms with Gasteiger partial charge in [0, 0.05) is 13.0 Å². The van der Waals surface area contributed by atoms with Crippen molar-refractivity contribution < 1.29 is 13.2 Å². The van der Waals surface area contributed by atoms with Gasteiger partial charge in [0.15, 0.2) is 0 Å². The van der Waals surface area contributed by atoms with Gasteiger partial charge in [-0.2, -0.15) is 13.2 Å². The Hall–Kier alpha value is -2.30. The molecule has 0 amide bonds. The zero-order chi connectivity index (χ0) is 16.6. The van der Waals surface area contributed by atoms with Crippen LogP contribution in [-0.4, -0.2) is 9.55 Å². The van der Waals surface area contributed by atoms with E-state index in [0.717, 1.165) is 29.9 Å². The highest BCUT2D eigenvalue weighted by Crippen LogP contribution is 2.33. The second-order valence-corrected chi connectivity index (χ2v) is 5.60. The van der Waals surface area contributed by atoms with Crippen LogP contribution in [0.3, 0.4) is 0 Å². The molecule has 0 radical (unpaired) electrons. The Morgan fingerprint density at radius 3 is 2.39 bits per heavy atom. The van der Waals surface area contributed by atoms with Crippen LogP contribution in [0.2, 0.25) is 0 Å². The van der Waals surface area contributed by atoms with Crippen molar-refractivity contribution in [3.63, 3.8) is 0 Å². The molecule has 0 saturated heterocycles. The number of alkyl halides is 3. The van der Waals surface area contributed by atoms with Crippen molar-refractivity contribution in [1.29, 1.82) is 0 Å². The first kappa shape index (κ1) is 15.6. The van der Waals surface area contributed by atoms with Crippen LogP contribution in [0.1, 0.15) is 36.2 Å². The number of hydrogen-bond acceptors (Lipinski definition) is 1. The summed E-state index contributed by atoms with van der Waals surface area (Å²) in [6, 6.07) is 13.6. The van der Waals surface area contributed by atoms with Crippen LogP contribution in [0.5, 0.6) is 0 Å². The number of benzene rings is 2. The average Bonchev–Trinajstić information content (AvgIpc) is 2.85. The van der Waals surface area contributed by atoms with Crippen LogP contribution in [0.15, 0.2) is 48.5 Å². The Morgan fingerprint density at radius 2 is 1.78 bits per heavy atom. The molecular formula is C18H17F3N2. The van der Waals surface area contributed by atoms with E-state index >= 15 is 0 Å². The molecule has 0 saturated carbocycles. The monoisotopic (exact) mass is 318 g/mol. The fraction of sp³-hybridized carbons (Fsp3) is 0.278. The Labute approximate surface area is 132 Å². The maximum Gasteiger partial charge on any atom is 0.416 e. The molecule has 0 spiro atoms. The van der Waals surface area contributed by atoms with Crippen molar-refractivity contribution in [2.75, 3.05) is 0 Å². The van der Waals surface area contributed by atoms with E-state index in [1.807, 2.05) is 41.9 Å². The third-order valence-corrected chi connectivity index (χ3v) is 4.16. The smallest absolute Gasteiger partial charge is 0.331 e. The molecule has 2 nitrogen and oxygen atoms in total. The fourth-order valence-electron chi connectivity index (χ4n) is 2.96. The molecule has 0 aliphatic carbocycles. The summed E-state index contributed by atoms with van der Waals surface area (Å²) in [6.07, 6.45) is -3.53. The van der Waals surface area contributed by atoms with Gasteiger partial charge in [-0.3, -0.25) is 0 Å². The highest BCUT2D eigenvalue weighted by atomic mass is 19.4. The van der Waals surface area contributed by atoms with Gasteiger partial charge in [-0.15, -0.1) is 0 Å². The summed E-state index contributed by atoms with van der Waals surface area (Å²) in [5.41, 5.74) is 1.54. The lowest BCUT2D eigenvalue weighted by Gasteiger charge is -2.15. The van der Waals surface area contributed by atoms with Gasteiger partial charge < -0.3 is 4.57 Å². The third-order valence-electron chi connectivity index (χ3n) is 4.16. The van der Waals surface area contributed by atoms with Gasteiger partial charge in [0.1, 0.15) is 5.82 Å². The summed E-state index contributed by atoms with van der Waals surface area (Å²) in [6.45, 7) is 2.05. The summed E-state index contributed by atoms with van der Waals surface area (Å²) >= 11 is 0. The highest BCUT2D eigenvalue weighted by molar-refractivity contribution is 5.77. The van der Waals surface area contributed by atoms with Crippen molar-refractivity contribution in [2.24, 2.45) is 7.05 Å². The molecule has 23 heavy (non-hydrogen) atoms. The molecule has 1 aromatic heterocycles. The molecule has 0 aliphatic rings. The SMILES string of the molecule is CCC(c1ccccc1)c1nc2cc(C(F)(F)F)ccc2n1C. The van der Waals surface area contributed by atoms with E-state index in [9.17, 15) is 13.2 Å². The lowest BCUT2D eigenvalue weighted by Crippen LogP contribution is -2.07. The number of fused-ring (bicyclic) bond motifs is 1. The lowest BCUT2D eigenvalue weighted by atomic mass is 9.96. The molecule has 0 aliphatic heterocycles. The van der Waals surface area contributed by atoms with Crippen LogP contribution >= 0.6 is 0 Å². The number of hydrogen-bond donors (Lipinski definition) is 0. The van der Waals surface area contributed by atoms with Crippen LogP contribution < -0.4 is 0 Å². The standard InChI is InChI=1S/C18H17F3N2/c1-3-14(12-7-5-4-6-8-12)17-22-15-11-13(18(19,20)21)9-10-16(15)23(17)2/h4-11,14H,3H2,1-2H3. The molecule has 5 heteroatoms. The summed E-state index contributed by atoms with van der Waals surface area (Å²) < 4.78 is 40.5. The molecule has 2 aromatic carbocycles. The van der Waals surface area contributed by atoms with Crippen LogP contribution in [0.4, 0.5) is 13.2 Å². The Balaban J connectivity index is 2.13. The first-order valence-corrected chi connectivity index (χ1v) is 7.50. The van der Waals surface area contributed by atoms with Gasteiger partial charge in [0.25, 0.3) is 0 Å². The van der Waals surface area contributed by atoms with E-state index in [2.05, 4.69) is 11.9 Å². The zero-order valence-corrected chi connectivity index (χ0v) is 12.9. The van der Waals surface area contributed by atoms with E-state index in [1.165, 1.54) is 6.07 Å².